The summed E-state index contributed by atoms with van der Waals surface area (Å²) in [6.07, 6.45) is 0. The Morgan fingerprint density at radius 3 is 2.65 bits per heavy atom. The number of nitrogens with one attached hydrogen (secondary N) is 1. The number of hydrogen-bond donors (Lipinski definition) is 2. The van der Waals surface area contributed by atoms with Gasteiger partial charge in [-0.3, -0.25) is 9.48 Å². The van der Waals surface area contributed by atoms with Crippen LogP contribution in [0, 0.1) is 6.92 Å². The Morgan fingerprint density at radius 2 is 2.10 bits per heavy atom. The van der Waals surface area contributed by atoms with Crippen molar-refractivity contribution in [3.8, 4) is 0 Å². The smallest absolute Gasteiger partial charge is 0.337 e. The Bertz CT molecular complexity index is 694. The van der Waals surface area contributed by atoms with Crippen LogP contribution in [0.3, 0.4) is 0 Å². The second kappa shape index (κ2) is 5.34. The van der Waals surface area contributed by atoms with Crippen LogP contribution in [0.2, 0.25) is 5.02 Å². The molecule has 2 rings (SSSR count). The molecule has 0 bridgehead atoms. The van der Waals surface area contributed by atoms with Gasteiger partial charge in [0.05, 0.1) is 22.0 Å². The summed E-state index contributed by atoms with van der Waals surface area (Å²) in [7, 11) is 1.63. The van der Waals surface area contributed by atoms with E-state index in [4.69, 9.17) is 16.7 Å². The van der Waals surface area contributed by atoms with Gasteiger partial charge in [0, 0.05) is 7.05 Å². The number of hydrogen-bond acceptors (Lipinski definition) is 3. The van der Waals surface area contributed by atoms with Crippen LogP contribution in [-0.2, 0) is 7.05 Å². The number of benzene rings is 1. The number of aromatic carboxylic acids is 1. The van der Waals surface area contributed by atoms with E-state index in [1.807, 2.05) is 0 Å². The molecule has 0 fully saturated rings. The van der Waals surface area contributed by atoms with Gasteiger partial charge in [-0.15, -0.1) is 0 Å². The van der Waals surface area contributed by atoms with E-state index in [0.717, 1.165) is 0 Å². The van der Waals surface area contributed by atoms with Gasteiger partial charge < -0.3 is 10.4 Å². The van der Waals surface area contributed by atoms with Gasteiger partial charge in [0.15, 0.2) is 0 Å². The first-order chi connectivity index (χ1) is 9.40. The zero-order valence-electron chi connectivity index (χ0n) is 10.8. The van der Waals surface area contributed by atoms with E-state index in [0.29, 0.717) is 11.4 Å². The summed E-state index contributed by atoms with van der Waals surface area (Å²) in [5.41, 5.74) is 1.02. The third kappa shape index (κ3) is 2.65. The standard InChI is InChI=1S/C13H12ClN3O3/c1-7-6-10(17(2)16-7)12(18)15-11-8(13(19)20)4-3-5-9(11)14/h3-6H,1-2H3,(H,15,18)(H,19,20). The largest absolute Gasteiger partial charge is 0.478 e. The minimum absolute atomic E-state index is 0.0651. The number of para-hydroxylation sites is 1. The fourth-order valence-corrected chi connectivity index (χ4v) is 2.05. The summed E-state index contributed by atoms with van der Waals surface area (Å²) in [5, 5.41) is 15.8. The van der Waals surface area contributed by atoms with Crippen molar-refractivity contribution in [3.63, 3.8) is 0 Å². The molecule has 20 heavy (non-hydrogen) atoms. The van der Waals surface area contributed by atoms with E-state index in [1.165, 1.54) is 22.9 Å². The molecule has 0 radical (unpaired) electrons. The highest BCUT2D eigenvalue weighted by Gasteiger charge is 2.18. The van der Waals surface area contributed by atoms with Crippen molar-refractivity contribution in [2.45, 2.75) is 6.92 Å². The second-order valence-electron chi connectivity index (χ2n) is 4.22. The van der Waals surface area contributed by atoms with Crippen molar-refractivity contribution in [2.24, 2.45) is 7.05 Å². The second-order valence-corrected chi connectivity index (χ2v) is 4.62. The van der Waals surface area contributed by atoms with Crippen LogP contribution >= 0.6 is 11.6 Å². The maximum atomic E-state index is 12.2. The lowest BCUT2D eigenvalue weighted by Gasteiger charge is -2.10. The lowest BCUT2D eigenvalue weighted by atomic mass is 10.1. The van der Waals surface area contributed by atoms with Crippen molar-refractivity contribution in [3.05, 3.63) is 46.2 Å². The van der Waals surface area contributed by atoms with Gasteiger partial charge in [-0.1, -0.05) is 17.7 Å². The quantitative estimate of drug-likeness (QED) is 0.909. The number of carboxylic acids is 1. The summed E-state index contributed by atoms with van der Waals surface area (Å²) in [6, 6.07) is 6.00. The molecular weight excluding hydrogens is 282 g/mol. The molecule has 0 unspecified atom stereocenters. The van der Waals surface area contributed by atoms with Crippen LogP contribution < -0.4 is 5.32 Å². The molecule has 0 aliphatic heterocycles. The molecule has 1 aromatic heterocycles. The van der Waals surface area contributed by atoms with Crippen LogP contribution in [0.25, 0.3) is 0 Å². The Kier molecular flexibility index (Phi) is 3.76. The number of amides is 1. The molecule has 0 saturated carbocycles. The number of rotatable bonds is 3. The minimum atomic E-state index is -1.16. The molecule has 1 amide bonds. The number of carboxylic acid groups (broad SMARTS) is 1. The van der Waals surface area contributed by atoms with Crippen molar-refractivity contribution < 1.29 is 14.7 Å². The summed E-state index contributed by atoms with van der Waals surface area (Å²) < 4.78 is 1.42. The van der Waals surface area contributed by atoms with Gasteiger partial charge in [0.1, 0.15) is 5.69 Å². The van der Waals surface area contributed by atoms with E-state index in [-0.39, 0.29) is 16.3 Å². The van der Waals surface area contributed by atoms with E-state index >= 15 is 0 Å². The van der Waals surface area contributed by atoms with E-state index < -0.39 is 11.9 Å². The first kappa shape index (κ1) is 14.1. The molecule has 2 N–H and O–H groups in total. The maximum Gasteiger partial charge on any atom is 0.337 e. The number of halogens is 1. The molecule has 0 aliphatic rings. The summed E-state index contributed by atoms with van der Waals surface area (Å²) in [5.74, 6) is -1.63. The zero-order chi connectivity index (χ0) is 14.9. The predicted molar refractivity (Wildman–Crippen MR) is 74.3 cm³/mol. The fraction of sp³-hybridized carbons (Fsp3) is 0.154. The monoisotopic (exact) mass is 293 g/mol. The normalized spacial score (nSPS) is 10.3. The Hall–Kier alpha value is -2.34. The highest BCUT2D eigenvalue weighted by molar-refractivity contribution is 6.34. The Balaban J connectivity index is 2.37. The molecule has 0 saturated heterocycles. The van der Waals surface area contributed by atoms with Gasteiger partial charge in [-0.2, -0.15) is 5.10 Å². The summed E-state index contributed by atoms with van der Waals surface area (Å²) in [4.78, 5) is 23.3. The lowest BCUT2D eigenvalue weighted by molar-refractivity contribution is 0.0698. The van der Waals surface area contributed by atoms with Crippen molar-refractivity contribution in [1.29, 1.82) is 0 Å². The average Bonchev–Trinajstić information content (AvgIpc) is 2.70. The first-order valence-corrected chi connectivity index (χ1v) is 6.11. The number of aryl methyl sites for hydroxylation is 2. The van der Waals surface area contributed by atoms with Gasteiger partial charge >= 0.3 is 5.97 Å². The lowest BCUT2D eigenvalue weighted by Crippen LogP contribution is -2.18. The van der Waals surface area contributed by atoms with Crippen LogP contribution in [-0.4, -0.2) is 26.8 Å². The van der Waals surface area contributed by atoms with Gasteiger partial charge in [-0.05, 0) is 25.1 Å². The molecule has 0 atom stereocenters. The molecule has 104 valence electrons. The van der Waals surface area contributed by atoms with Crippen LogP contribution in [0.15, 0.2) is 24.3 Å². The summed E-state index contributed by atoms with van der Waals surface area (Å²) >= 11 is 5.95. The van der Waals surface area contributed by atoms with Gasteiger partial charge in [0.25, 0.3) is 5.91 Å². The van der Waals surface area contributed by atoms with Gasteiger partial charge in [0.2, 0.25) is 0 Å². The number of anilines is 1. The van der Waals surface area contributed by atoms with Crippen molar-refractivity contribution in [1.82, 2.24) is 9.78 Å². The van der Waals surface area contributed by atoms with Crippen molar-refractivity contribution in [2.75, 3.05) is 5.32 Å². The van der Waals surface area contributed by atoms with E-state index in [2.05, 4.69) is 10.4 Å². The number of carbonyl (C=O) groups excluding carboxylic acids is 1. The molecule has 0 aliphatic carbocycles. The third-order valence-corrected chi connectivity index (χ3v) is 3.03. The van der Waals surface area contributed by atoms with Crippen LogP contribution in [0.1, 0.15) is 26.5 Å². The molecule has 6 nitrogen and oxygen atoms in total. The molecule has 2 aromatic rings. The molecule has 7 heteroatoms. The molecular formula is C13H12ClN3O3. The molecule has 0 spiro atoms. The van der Waals surface area contributed by atoms with Crippen molar-refractivity contribution >= 4 is 29.2 Å². The third-order valence-electron chi connectivity index (χ3n) is 2.72. The topological polar surface area (TPSA) is 84.2 Å². The van der Waals surface area contributed by atoms with Crippen LogP contribution in [0.5, 0.6) is 0 Å². The maximum absolute atomic E-state index is 12.2. The zero-order valence-corrected chi connectivity index (χ0v) is 11.6. The highest BCUT2D eigenvalue weighted by Crippen LogP contribution is 2.26. The van der Waals surface area contributed by atoms with E-state index in [9.17, 15) is 9.59 Å². The number of aromatic nitrogens is 2. The number of nitrogens with zero attached hydrogens (tertiary/aromatic N) is 2. The van der Waals surface area contributed by atoms with Gasteiger partial charge in [-0.25, -0.2) is 4.79 Å². The average molecular weight is 294 g/mol. The highest BCUT2D eigenvalue weighted by atomic mass is 35.5. The van der Waals surface area contributed by atoms with E-state index in [1.54, 1.807) is 20.0 Å². The van der Waals surface area contributed by atoms with Crippen LogP contribution in [0.4, 0.5) is 5.69 Å². The minimum Gasteiger partial charge on any atom is -0.478 e. The fourth-order valence-electron chi connectivity index (χ4n) is 1.83. The number of carbonyl (C=O) groups is 2. The molecule has 1 heterocycles. The SMILES string of the molecule is Cc1cc(C(=O)Nc2c(Cl)cccc2C(=O)O)n(C)n1. The Morgan fingerprint density at radius 1 is 1.40 bits per heavy atom. The first-order valence-electron chi connectivity index (χ1n) is 5.74. The molecule has 1 aromatic carbocycles. The predicted octanol–water partition coefficient (Wildman–Crippen LogP) is 2.33. The summed E-state index contributed by atoms with van der Waals surface area (Å²) in [6.45, 7) is 1.76. The Labute approximate surface area is 120 Å².